The van der Waals surface area contributed by atoms with Crippen LogP contribution in [-0.4, -0.2) is 27.9 Å². The Hall–Kier alpha value is -3.76. The first-order chi connectivity index (χ1) is 17.5. The van der Waals surface area contributed by atoms with Crippen molar-refractivity contribution >= 4 is 16.8 Å². The van der Waals surface area contributed by atoms with E-state index in [4.69, 9.17) is 18.9 Å². The van der Waals surface area contributed by atoms with Crippen molar-refractivity contribution < 1.29 is 18.9 Å². The van der Waals surface area contributed by atoms with Crippen LogP contribution in [0, 0.1) is 13.8 Å². The minimum Gasteiger partial charge on any atom is -0.497 e. The second-order valence-corrected chi connectivity index (χ2v) is 9.27. The molecule has 0 unspecified atom stereocenters. The molecule has 4 heteroatoms. The summed E-state index contributed by atoms with van der Waals surface area (Å²) >= 11 is 0. The van der Waals surface area contributed by atoms with E-state index >= 15 is 0 Å². The third-order valence-corrected chi connectivity index (χ3v) is 7.19. The molecule has 0 amide bonds. The summed E-state index contributed by atoms with van der Waals surface area (Å²) in [6.07, 6.45) is 5.22. The van der Waals surface area contributed by atoms with Gasteiger partial charge in [0.1, 0.15) is 17.2 Å². The number of ether oxygens (including phenoxy) is 4. The molecule has 36 heavy (non-hydrogen) atoms. The minimum atomic E-state index is -0.808. The van der Waals surface area contributed by atoms with Crippen LogP contribution in [0.4, 0.5) is 0 Å². The van der Waals surface area contributed by atoms with Crippen molar-refractivity contribution in [2.45, 2.75) is 25.9 Å². The molecule has 0 radical (unpaired) electrons. The Labute approximate surface area is 213 Å². The van der Waals surface area contributed by atoms with Crippen molar-refractivity contribution in [3.63, 3.8) is 0 Å². The van der Waals surface area contributed by atoms with Crippen LogP contribution in [0.15, 0.2) is 72.8 Å². The number of rotatable bonds is 7. The molecule has 0 spiro atoms. The van der Waals surface area contributed by atoms with E-state index in [1.165, 1.54) is 22.1 Å². The number of hydrogen-bond acceptors (Lipinski definition) is 4. The quantitative estimate of drug-likeness (QED) is 0.285. The molecule has 0 N–H and O–H groups in total. The summed E-state index contributed by atoms with van der Waals surface area (Å²) in [6.45, 7) is 4.99. The summed E-state index contributed by atoms with van der Waals surface area (Å²) in [7, 11) is 5.11. The van der Waals surface area contributed by atoms with Crippen LogP contribution < -0.4 is 14.2 Å². The number of hydrogen-bond donors (Lipinski definition) is 0. The molecule has 184 valence electrons. The van der Waals surface area contributed by atoms with Gasteiger partial charge >= 0.3 is 0 Å². The Balaban J connectivity index is 1.77. The fraction of sp³-hybridized carbons (Fsp3) is 0.250. The average molecular weight is 481 g/mol. The number of fused-ring (bicyclic) bond motifs is 3. The Morgan fingerprint density at radius 3 is 1.92 bits per heavy atom. The molecule has 1 aliphatic heterocycles. The molecule has 0 fully saturated rings. The second-order valence-electron chi connectivity index (χ2n) is 9.27. The van der Waals surface area contributed by atoms with E-state index in [2.05, 4.69) is 68.5 Å². The van der Waals surface area contributed by atoms with Crippen LogP contribution >= 0.6 is 0 Å². The molecule has 5 rings (SSSR count). The molecule has 0 aromatic heterocycles. The zero-order valence-electron chi connectivity index (χ0n) is 21.6. The van der Waals surface area contributed by atoms with E-state index in [9.17, 15) is 0 Å². The smallest absolute Gasteiger partial charge is 0.178 e. The van der Waals surface area contributed by atoms with Crippen LogP contribution in [0.2, 0.25) is 0 Å². The maximum Gasteiger partial charge on any atom is 0.178 e. The Morgan fingerprint density at radius 2 is 1.36 bits per heavy atom. The predicted octanol–water partition coefficient (Wildman–Crippen LogP) is 7.01. The van der Waals surface area contributed by atoms with E-state index in [1.807, 2.05) is 24.3 Å². The highest BCUT2D eigenvalue weighted by molar-refractivity contribution is 5.97. The molecule has 1 aliphatic rings. The zero-order valence-corrected chi connectivity index (χ0v) is 21.6. The maximum atomic E-state index is 7.16. The summed E-state index contributed by atoms with van der Waals surface area (Å²) in [5, 5.41) is 2.33. The van der Waals surface area contributed by atoms with Gasteiger partial charge in [0.25, 0.3) is 0 Å². The third kappa shape index (κ3) is 4.02. The van der Waals surface area contributed by atoms with E-state index in [-0.39, 0.29) is 0 Å². The van der Waals surface area contributed by atoms with Gasteiger partial charge < -0.3 is 18.9 Å². The normalized spacial score (nSPS) is 13.8. The van der Waals surface area contributed by atoms with Gasteiger partial charge in [-0.25, -0.2) is 0 Å². The van der Waals surface area contributed by atoms with Crippen LogP contribution in [-0.2, 0) is 16.8 Å². The van der Waals surface area contributed by atoms with Crippen LogP contribution in [0.5, 0.6) is 17.2 Å². The second kappa shape index (κ2) is 9.71. The summed E-state index contributed by atoms with van der Waals surface area (Å²) in [5.74, 6) is 2.51. The van der Waals surface area contributed by atoms with Gasteiger partial charge in [-0.1, -0.05) is 54.1 Å². The summed E-state index contributed by atoms with van der Waals surface area (Å²) in [4.78, 5) is 0. The van der Waals surface area contributed by atoms with Crippen molar-refractivity contribution in [1.82, 2.24) is 0 Å². The van der Waals surface area contributed by atoms with Gasteiger partial charge in [-0.15, -0.1) is 0 Å². The van der Waals surface area contributed by atoms with Crippen molar-refractivity contribution in [3.8, 4) is 17.2 Å². The first-order valence-electron chi connectivity index (χ1n) is 12.2. The number of methoxy groups -OCH3 is 3. The lowest BCUT2D eigenvalue weighted by Gasteiger charge is -2.37. The molecule has 0 saturated heterocycles. The SMILES string of the molecule is COCCc1c2c(c3ccc(C)cc3c1C)OC(c1ccc(OC)cc1)(c1ccc(OC)cc1)C=C2. The lowest BCUT2D eigenvalue weighted by atomic mass is 9.81. The van der Waals surface area contributed by atoms with Gasteiger partial charge in [0, 0.05) is 29.2 Å². The van der Waals surface area contributed by atoms with Gasteiger partial charge in [0.15, 0.2) is 5.60 Å². The van der Waals surface area contributed by atoms with Crippen LogP contribution in [0.25, 0.3) is 16.8 Å². The molecule has 0 saturated carbocycles. The largest absolute Gasteiger partial charge is 0.497 e. The summed E-state index contributed by atoms with van der Waals surface area (Å²) in [6, 6.07) is 22.8. The molecule has 4 aromatic carbocycles. The van der Waals surface area contributed by atoms with Gasteiger partial charge in [0.2, 0.25) is 0 Å². The van der Waals surface area contributed by atoms with Crippen LogP contribution in [0.3, 0.4) is 0 Å². The monoisotopic (exact) mass is 480 g/mol. The topological polar surface area (TPSA) is 36.9 Å². The van der Waals surface area contributed by atoms with Crippen molar-refractivity contribution in [3.05, 3.63) is 106 Å². The van der Waals surface area contributed by atoms with Crippen molar-refractivity contribution in [1.29, 1.82) is 0 Å². The van der Waals surface area contributed by atoms with E-state index in [0.29, 0.717) is 6.61 Å². The standard InChI is InChI=1S/C32H32O4/c1-21-6-15-28-30(20-21)22(2)27(17-19-33-3)29-16-18-32(36-31(28)29,23-7-11-25(34-4)12-8-23)24-9-13-26(35-5)14-10-24/h6-16,18,20H,17,19H2,1-5H3. The Bertz CT molecular complexity index is 1370. The maximum absolute atomic E-state index is 7.16. The first kappa shape index (κ1) is 24.0. The lowest BCUT2D eigenvalue weighted by Crippen LogP contribution is -2.34. The van der Waals surface area contributed by atoms with Crippen molar-refractivity contribution in [2.24, 2.45) is 0 Å². The van der Waals surface area contributed by atoms with Gasteiger partial charge in [-0.05, 0) is 67.1 Å². The molecule has 0 atom stereocenters. The molecular weight excluding hydrogens is 448 g/mol. The predicted molar refractivity (Wildman–Crippen MR) is 145 cm³/mol. The highest BCUT2D eigenvalue weighted by Gasteiger charge is 2.38. The van der Waals surface area contributed by atoms with Gasteiger partial charge in [0.05, 0.1) is 20.8 Å². The van der Waals surface area contributed by atoms with E-state index < -0.39 is 5.60 Å². The molecule has 4 aromatic rings. The van der Waals surface area contributed by atoms with Gasteiger partial charge in [-0.3, -0.25) is 0 Å². The third-order valence-electron chi connectivity index (χ3n) is 7.19. The molecule has 1 heterocycles. The Kier molecular flexibility index (Phi) is 6.46. The molecule has 0 bridgehead atoms. The molecule has 4 nitrogen and oxygen atoms in total. The fourth-order valence-electron chi connectivity index (χ4n) is 5.18. The van der Waals surface area contributed by atoms with E-state index in [0.717, 1.165) is 45.7 Å². The fourth-order valence-corrected chi connectivity index (χ4v) is 5.18. The average Bonchev–Trinajstić information content (AvgIpc) is 2.93. The summed E-state index contributed by atoms with van der Waals surface area (Å²) in [5.41, 5.74) is 6.13. The highest BCUT2D eigenvalue weighted by atomic mass is 16.5. The number of aryl methyl sites for hydroxylation is 2. The first-order valence-corrected chi connectivity index (χ1v) is 12.2. The minimum absolute atomic E-state index is 0.653. The van der Waals surface area contributed by atoms with Gasteiger partial charge in [-0.2, -0.15) is 0 Å². The van der Waals surface area contributed by atoms with Crippen molar-refractivity contribution in [2.75, 3.05) is 27.9 Å². The highest BCUT2D eigenvalue weighted by Crippen LogP contribution is 2.48. The zero-order chi connectivity index (χ0) is 25.3. The van der Waals surface area contributed by atoms with Crippen LogP contribution in [0.1, 0.15) is 33.4 Å². The Morgan fingerprint density at radius 1 is 0.750 bits per heavy atom. The molecule has 0 aliphatic carbocycles. The number of benzene rings is 4. The lowest BCUT2D eigenvalue weighted by molar-refractivity contribution is 0.163. The van der Waals surface area contributed by atoms with E-state index in [1.54, 1.807) is 21.3 Å². The summed E-state index contributed by atoms with van der Waals surface area (Å²) < 4.78 is 23.5. The molecular formula is C32H32O4.